The average molecular weight is 198 g/mol. The van der Waals surface area contributed by atoms with Crippen molar-refractivity contribution in [2.75, 3.05) is 0 Å². The van der Waals surface area contributed by atoms with Gasteiger partial charge in [-0.25, -0.2) is 0 Å². The van der Waals surface area contributed by atoms with Gasteiger partial charge in [-0.05, 0) is 36.6 Å². The molecule has 0 saturated carbocycles. The van der Waals surface area contributed by atoms with Crippen molar-refractivity contribution in [3.05, 3.63) is 53.6 Å². The van der Waals surface area contributed by atoms with Gasteiger partial charge in [-0.3, -0.25) is 0 Å². The van der Waals surface area contributed by atoms with Crippen molar-refractivity contribution in [3.63, 3.8) is 0 Å². The van der Waals surface area contributed by atoms with Crippen molar-refractivity contribution in [1.29, 1.82) is 0 Å². The van der Waals surface area contributed by atoms with Crippen LogP contribution in [0.25, 0.3) is 11.1 Å². The quantitative estimate of drug-likeness (QED) is 0.741. The van der Waals surface area contributed by atoms with E-state index in [1.807, 2.05) is 56.3 Å². The average Bonchev–Trinajstić information content (AvgIpc) is 2.24. The van der Waals surface area contributed by atoms with Crippen LogP contribution in [0.1, 0.15) is 11.1 Å². The fraction of sp³-hybridized carbons (Fsp3) is 0.143. The molecule has 0 radical (unpaired) electrons. The number of phenols is 1. The Morgan fingerprint density at radius 2 is 1.60 bits per heavy atom. The summed E-state index contributed by atoms with van der Waals surface area (Å²) in [4.78, 5) is 0. The van der Waals surface area contributed by atoms with Crippen LogP contribution in [-0.4, -0.2) is 5.11 Å². The lowest BCUT2D eigenvalue weighted by Crippen LogP contribution is -1.84. The summed E-state index contributed by atoms with van der Waals surface area (Å²) in [5.41, 5.74) is 4.06. The van der Waals surface area contributed by atoms with Gasteiger partial charge < -0.3 is 5.11 Å². The van der Waals surface area contributed by atoms with Gasteiger partial charge in [-0.1, -0.05) is 36.4 Å². The highest BCUT2D eigenvalue weighted by Crippen LogP contribution is 2.32. The molecule has 76 valence electrons. The van der Waals surface area contributed by atoms with E-state index < -0.39 is 0 Å². The first kappa shape index (κ1) is 9.78. The first-order valence-electron chi connectivity index (χ1n) is 5.04. The molecular weight excluding hydrogens is 184 g/mol. The van der Waals surface area contributed by atoms with Crippen LogP contribution in [0, 0.1) is 13.8 Å². The molecule has 0 saturated heterocycles. The largest absolute Gasteiger partial charge is 0.507 e. The van der Waals surface area contributed by atoms with E-state index in [0.717, 1.165) is 16.7 Å². The molecule has 1 heteroatoms. The number of rotatable bonds is 1. The van der Waals surface area contributed by atoms with Gasteiger partial charge in [0, 0.05) is 5.56 Å². The van der Waals surface area contributed by atoms with Crippen LogP contribution in [0.15, 0.2) is 42.5 Å². The fourth-order valence-corrected chi connectivity index (χ4v) is 1.80. The van der Waals surface area contributed by atoms with Crippen molar-refractivity contribution in [3.8, 4) is 16.9 Å². The Morgan fingerprint density at radius 3 is 2.27 bits per heavy atom. The number of hydrogen-bond acceptors (Lipinski definition) is 1. The normalized spacial score (nSPS) is 10.3. The summed E-state index contributed by atoms with van der Waals surface area (Å²) < 4.78 is 0. The molecule has 0 heterocycles. The molecule has 0 atom stereocenters. The van der Waals surface area contributed by atoms with Gasteiger partial charge in [0.2, 0.25) is 0 Å². The zero-order valence-corrected chi connectivity index (χ0v) is 8.99. The molecule has 2 rings (SSSR count). The summed E-state index contributed by atoms with van der Waals surface area (Å²) in [6, 6.07) is 13.9. The number of hydrogen-bond donors (Lipinski definition) is 1. The molecule has 15 heavy (non-hydrogen) atoms. The monoisotopic (exact) mass is 198 g/mol. The zero-order valence-electron chi connectivity index (χ0n) is 8.99. The second-order valence-electron chi connectivity index (χ2n) is 3.84. The molecule has 0 fully saturated rings. The minimum absolute atomic E-state index is 0.381. The number of phenolic OH excluding ortho intramolecular Hbond substituents is 1. The first-order valence-corrected chi connectivity index (χ1v) is 5.04. The van der Waals surface area contributed by atoms with Crippen LogP contribution in [-0.2, 0) is 0 Å². The molecule has 0 aromatic heterocycles. The topological polar surface area (TPSA) is 20.2 Å². The van der Waals surface area contributed by atoms with E-state index in [1.165, 1.54) is 5.56 Å². The molecule has 0 spiro atoms. The van der Waals surface area contributed by atoms with Gasteiger partial charge in [0.25, 0.3) is 0 Å². The molecule has 0 aliphatic heterocycles. The molecule has 0 aliphatic carbocycles. The van der Waals surface area contributed by atoms with Gasteiger partial charge in [-0.15, -0.1) is 0 Å². The minimum atomic E-state index is 0.381. The highest BCUT2D eigenvalue weighted by molar-refractivity contribution is 5.72. The van der Waals surface area contributed by atoms with Crippen LogP contribution >= 0.6 is 0 Å². The van der Waals surface area contributed by atoms with Crippen LogP contribution in [0.2, 0.25) is 0 Å². The smallest absolute Gasteiger partial charge is 0.126 e. The van der Waals surface area contributed by atoms with Crippen LogP contribution in [0.5, 0.6) is 5.75 Å². The molecule has 0 aliphatic rings. The van der Waals surface area contributed by atoms with Gasteiger partial charge in [0.1, 0.15) is 5.75 Å². The first-order chi connectivity index (χ1) is 7.18. The SMILES string of the molecule is Cc1cc(C)c(O)c(-c2ccccc2)c1. The predicted molar refractivity (Wildman–Crippen MR) is 63.0 cm³/mol. The summed E-state index contributed by atoms with van der Waals surface area (Å²) in [6.07, 6.45) is 0. The maximum absolute atomic E-state index is 9.98. The van der Waals surface area contributed by atoms with Gasteiger partial charge in [0.15, 0.2) is 0 Å². The molecule has 0 amide bonds. The summed E-state index contributed by atoms with van der Waals surface area (Å²) in [6.45, 7) is 3.97. The molecule has 2 aromatic rings. The summed E-state index contributed by atoms with van der Waals surface area (Å²) in [5.74, 6) is 0.381. The second-order valence-corrected chi connectivity index (χ2v) is 3.84. The van der Waals surface area contributed by atoms with Crippen molar-refractivity contribution in [2.45, 2.75) is 13.8 Å². The second kappa shape index (κ2) is 3.77. The van der Waals surface area contributed by atoms with Gasteiger partial charge in [0.05, 0.1) is 0 Å². The Morgan fingerprint density at radius 1 is 0.933 bits per heavy atom. The number of aromatic hydroxyl groups is 1. The van der Waals surface area contributed by atoms with E-state index >= 15 is 0 Å². The van der Waals surface area contributed by atoms with Crippen molar-refractivity contribution in [1.82, 2.24) is 0 Å². The Labute approximate surface area is 90.0 Å². The van der Waals surface area contributed by atoms with Crippen LogP contribution < -0.4 is 0 Å². The third kappa shape index (κ3) is 1.86. The van der Waals surface area contributed by atoms with E-state index in [0.29, 0.717) is 5.75 Å². The molecule has 2 aromatic carbocycles. The predicted octanol–water partition coefficient (Wildman–Crippen LogP) is 3.68. The standard InChI is InChI=1S/C14H14O/c1-10-8-11(2)14(15)13(9-10)12-6-4-3-5-7-12/h3-9,15H,1-2H3. The van der Waals surface area contributed by atoms with E-state index in [1.54, 1.807) is 0 Å². The highest BCUT2D eigenvalue weighted by Gasteiger charge is 2.06. The molecule has 0 bridgehead atoms. The van der Waals surface area contributed by atoms with E-state index in [9.17, 15) is 5.11 Å². The third-order valence-electron chi connectivity index (χ3n) is 2.53. The van der Waals surface area contributed by atoms with Crippen LogP contribution in [0.3, 0.4) is 0 Å². The zero-order chi connectivity index (χ0) is 10.8. The number of aryl methyl sites for hydroxylation is 2. The third-order valence-corrected chi connectivity index (χ3v) is 2.53. The van der Waals surface area contributed by atoms with Crippen molar-refractivity contribution < 1.29 is 5.11 Å². The van der Waals surface area contributed by atoms with Gasteiger partial charge in [-0.2, -0.15) is 0 Å². The highest BCUT2D eigenvalue weighted by atomic mass is 16.3. The maximum atomic E-state index is 9.98. The lowest BCUT2D eigenvalue weighted by atomic mass is 9.99. The lowest BCUT2D eigenvalue weighted by Gasteiger charge is -2.08. The maximum Gasteiger partial charge on any atom is 0.126 e. The Kier molecular flexibility index (Phi) is 2.46. The molecule has 0 unspecified atom stereocenters. The number of benzene rings is 2. The minimum Gasteiger partial charge on any atom is -0.507 e. The molecule has 1 nitrogen and oxygen atoms in total. The fourth-order valence-electron chi connectivity index (χ4n) is 1.80. The Hall–Kier alpha value is -1.76. The van der Waals surface area contributed by atoms with E-state index in [2.05, 4.69) is 0 Å². The van der Waals surface area contributed by atoms with E-state index in [-0.39, 0.29) is 0 Å². The Bertz CT molecular complexity index is 472. The van der Waals surface area contributed by atoms with Crippen LogP contribution in [0.4, 0.5) is 0 Å². The summed E-state index contributed by atoms with van der Waals surface area (Å²) >= 11 is 0. The summed E-state index contributed by atoms with van der Waals surface area (Å²) in [7, 11) is 0. The molecule has 1 N–H and O–H groups in total. The molecular formula is C14H14O. The van der Waals surface area contributed by atoms with E-state index in [4.69, 9.17) is 0 Å². The van der Waals surface area contributed by atoms with Crippen molar-refractivity contribution >= 4 is 0 Å². The summed E-state index contributed by atoms with van der Waals surface area (Å²) in [5, 5.41) is 9.98. The Balaban J connectivity index is 2.63. The lowest BCUT2D eigenvalue weighted by molar-refractivity contribution is 0.473. The van der Waals surface area contributed by atoms with Crippen molar-refractivity contribution in [2.24, 2.45) is 0 Å². The van der Waals surface area contributed by atoms with Gasteiger partial charge >= 0.3 is 0 Å².